The van der Waals surface area contributed by atoms with Crippen LogP contribution in [0.4, 0.5) is 8.78 Å². The zero-order valence-electron chi connectivity index (χ0n) is 7.12. The van der Waals surface area contributed by atoms with E-state index in [1.165, 1.54) is 0 Å². The van der Waals surface area contributed by atoms with Crippen molar-refractivity contribution in [3.05, 3.63) is 0 Å². The highest BCUT2D eigenvalue weighted by Gasteiger charge is 2.54. The SMILES string of the molecule is O=C(O)[C@H]1[C@@H]2CC[C@@H](C2)[C@@H]1C(F)F. The summed E-state index contributed by atoms with van der Waals surface area (Å²) in [4.78, 5) is 10.8. The fraction of sp³-hybridized carbons (Fsp3) is 0.889. The Bertz CT molecular complexity index is 230. The average molecular weight is 190 g/mol. The Morgan fingerprint density at radius 1 is 1.31 bits per heavy atom. The monoisotopic (exact) mass is 190 g/mol. The smallest absolute Gasteiger partial charge is 0.307 e. The molecule has 0 heterocycles. The van der Waals surface area contributed by atoms with Gasteiger partial charge < -0.3 is 5.11 Å². The molecule has 13 heavy (non-hydrogen) atoms. The molecule has 0 aromatic carbocycles. The van der Waals surface area contributed by atoms with Crippen molar-refractivity contribution in [2.75, 3.05) is 0 Å². The Morgan fingerprint density at radius 3 is 2.38 bits per heavy atom. The van der Waals surface area contributed by atoms with Crippen molar-refractivity contribution < 1.29 is 18.7 Å². The van der Waals surface area contributed by atoms with Crippen LogP contribution < -0.4 is 0 Å². The summed E-state index contributed by atoms with van der Waals surface area (Å²) in [7, 11) is 0. The van der Waals surface area contributed by atoms with E-state index in [-0.39, 0.29) is 11.8 Å². The summed E-state index contributed by atoms with van der Waals surface area (Å²) in [5.74, 6) is -2.71. The van der Waals surface area contributed by atoms with E-state index >= 15 is 0 Å². The number of hydrogen-bond acceptors (Lipinski definition) is 1. The van der Waals surface area contributed by atoms with Crippen LogP contribution in [0.2, 0.25) is 0 Å². The van der Waals surface area contributed by atoms with E-state index in [4.69, 9.17) is 5.11 Å². The van der Waals surface area contributed by atoms with E-state index in [9.17, 15) is 13.6 Å². The van der Waals surface area contributed by atoms with Gasteiger partial charge in [-0.2, -0.15) is 0 Å². The molecule has 2 nitrogen and oxygen atoms in total. The van der Waals surface area contributed by atoms with E-state index < -0.39 is 24.2 Å². The number of fused-ring (bicyclic) bond motifs is 2. The van der Waals surface area contributed by atoms with Gasteiger partial charge in [-0.1, -0.05) is 0 Å². The molecule has 0 radical (unpaired) electrons. The zero-order valence-corrected chi connectivity index (χ0v) is 7.12. The highest BCUT2D eigenvalue weighted by molar-refractivity contribution is 5.71. The molecule has 0 aromatic heterocycles. The fourth-order valence-corrected chi connectivity index (χ4v) is 3.06. The van der Waals surface area contributed by atoms with Crippen LogP contribution in [0.3, 0.4) is 0 Å². The van der Waals surface area contributed by atoms with Gasteiger partial charge in [0.25, 0.3) is 0 Å². The van der Waals surface area contributed by atoms with E-state index in [0.717, 1.165) is 12.8 Å². The summed E-state index contributed by atoms with van der Waals surface area (Å²) in [5.41, 5.74) is 0. The minimum atomic E-state index is -2.46. The third-order valence-corrected chi connectivity index (χ3v) is 3.56. The normalized spacial score (nSPS) is 43.0. The molecule has 0 amide bonds. The second kappa shape index (κ2) is 2.93. The quantitative estimate of drug-likeness (QED) is 0.723. The lowest BCUT2D eigenvalue weighted by Gasteiger charge is -2.26. The van der Waals surface area contributed by atoms with Crippen molar-refractivity contribution in [1.82, 2.24) is 0 Å². The van der Waals surface area contributed by atoms with E-state index in [1.54, 1.807) is 0 Å². The number of halogens is 2. The van der Waals surface area contributed by atoms with E-state index in [0.29, 0.717) is 6.42 Å². The summed E-state index contributed by atoms with van der Waals surface area (Å²) < 4.78 is 25.1. The van der Waals surface area contributed by atoms with Gasteiger partial charge in [0.1, 0.15) is 0 Å². The van der Waals surface area contributed by atoms with Crippen molar-refractivity contribution in [1.29, 1.82) is 0 Å². The maximum Gasteiger partial charge on any atom is 0.307 e. The molecule has 2 fully saturated rings. The molecule has 2 bridgehead atoms. The number of alkyl halides is 2. The zero-order chi connectivity index (χ0) is 9.59. The summed E-state index contributed by atoms with van der Waals surface area (Å²) in [6, 6.07) is 0. The Balaban J connectivity index is 2.20. The fourth-order valence-electron chi connectivity index (χ4n) is 3.06. The molecule has 2 saturated carbocycles. The van der Waals surface area contributed by atoms with Crippen LogP contribution >= 0.6 is 0 Å². The van der Waals surface area contributed by atoms with Gasteiger partial charge in [0.05, 0.1) is 5.92 Å². The maximum atomic E-state index is 12.5. The van der Waals surface area contributed by atoms with Crippen LogP contribution in [0.15, 0.2) is 0 Å². The summed E-state index contributed by atoms with van der Waals surface area (Å²) in [6.45, 7) is 0. The number of rotatable bonds is 2. The van der Waals surface area contributed by atoms with E-state index in [2.05, 4.69) is 0 Å². The second-order valence-corrected chi connectivity index (χ2v) is 4.11. The Morgan fingerprint density at radius 2 is 1.92 bits per heavy atom. The van der Waals surface area contributed by atoms with Crippen LogP contribution in [0, 0.1) is 23.7 Å². The van der Waals surface area contributed by atoms with Gasteiger partial charge in [-0.25, -0.2) is 8.78 Å². The third kappa shape index (κ3) is 1.23. The van der Waals surface area contributed by atoms with Crippen molar-refractivity contribution >= 4 is 5.97 Å². The van der Waals surface area contributed by atoms with Gasteiger partial charge in [-0.05, 0) is 31.1 Å². The standard InChI is InChI=1S/C9H12F2O2/c10-8(11)6-4-1-2-5(3-4)7(6)9(12)13/h4-8H,1-3H2,(H,12,13)/t4-,5+,6-,7-/m0/s1. The first kappa shape index (κ1) is 8.91. The average Bonchev–Trinajstić information content (AvgIpc) is 2.60. The molecule has 0 spiro atoms. The molecule has 0 aromatic rings. The van der Waals surface area contributed by atoms with Crippen LogP contribution in [0.5, 0.6) is 0 Å². The summed E-state index contributed by atoms with van der Waals surface area (Å²) in [6.07, 6.45) is -0.142. The number of carbonyl (C=O) groups is 1. The lowest BCUT2D eigenvalue weighted by Crippen LogP contribution is -2.33. The molecular formula is C9H12F2O2. The van der Waals surface area contributed by atoms with Crippen LogP contribution in [0.25, 0.3) is 0 Å². The van der Waals surface area contributed by atoms with Crippen molar-refractivity contribution in [3.63, 3.8) is 0 Å². The predicted molar refractivity (Wildman–Crippen MR) is 41.5 cm³/mol. The van der Waals surface area contributed by atoms with Crippen molar-refractivity contribution in [2.24, 2.45) is 23.7 Å². The minimum absolute atomic E-state index is 0.0153. The summed E-state index contributed by atoms with van der Waals surface area (Å²) >= 11 is 0. The molecule has 0 aliphatic heterocycles. The molecule has 0 unspecified atom stereocenters. The first-order valence-electron chi connectivity index (χ1n) is 4.62. The van der Waals surface area contributed by atoms with Crippen LogP contribution in [-0.4, -0.2) is 17.5 Å². The van der Waals surface area contributed by atoms with E-state index in [1.807, 2.05) is 0 Å². The molecule has 2 rings (SSSR count). The lowest BCUT2D eigenvalue weighted by molar-refractivity contribution is -0.148. The topological polar surface area (TPSA) is 37.3 Å². The molecule has 1 N–H and O–H groups in total. The Kier molecular flexibility index (Phi) is 2.00. The van der Waals surface area contributed by atoms with Crippen LogP contribution in [-0.2, 0) is 4.79 Å². The molecule has 4 heteroatoms. The van der Waals surface area contributed by atoms with Gasteiger partial charge >= 0.3 is 5.97 Å². The summed E-state index contributed by atoms with van der Waals surface area (Å²) in [5, 5.41) is 8.82. The van der Waals surface area contributed by atoms with Gasteiger partial charge in [0, 0.05) is 5.92 Å². The number of hydrogen-bond donors (Lipinski definition) is 1. The largest absolute Gasteiger partial charge is 0.481 e. The van der Waals surface area contributed by atoms with Gasteiger partial charge in [0.15, 0.2) is 0 Å². The second-order valence-electron chi connectivity index (χ2n) is 4.11. The maximum absolute atomic E-state index is 12.5. The van der Waals surface area contributed by atoms with Gasteiger partial charge in [0.2, 0.25) is 6.43 Å². The molecule has 4 atom stereocenters. The predicted octanol–water partition coefficient (Wildman–Crippen LogP) is 2.00. The van der Waals surface area contributed by atoms with Crippen molar-refractivity contribution in [3.8, 4) is 0 Å². The van der Waals surface area contributed by atoms with Gasteiger partial charge in [-0.3, -0.25) is 4.79 Å². The number of carboxylic acid groups (broad SMARTS) is 1. The Labute approximate surface area is 74.9 Å². The number of aliphatic carboxylic acids is 1. The molecule has 2 aliphatic carbocycles. The highest BCUT2D eigenvalue weighted by Crippen LogP contribution is 2.54. The molecule has 74 valence electrons. The van der Waals surface area contributed by atoms with Crippen molar-refractivity contribution in [2.45, 2.75) is 25.7 Å². The first-order valence-corrected chi connectivity index (χ1v) is 4.62. The molecule has 2 aliphatic rings. The molecule has 0 saturated heterocycles. The van der Waals surface area contributed by atoms with Crippen LogP contribution in [0.1, 0.15) is 19.3 Å². The first-order chi connectivity index (χ1) is 6.11. The highest BCUT2D eigenvalue weighted by atomic mass is 19.3. The Hall–Kier alpha value is -0.670. The lowest BCUT2D eigenvalue weighted by atomic mass is 9.79. The number of carboxylic acids is 1. The third-order valence-electron chi connectivity index (χ3n) is 3.56. The van der Waals surface area contributed by atoms with Gasteiger partial charge in [-0.15, -0.1) is 0 Å². The minimum Gasteiger partial charge on any atom is -0.481 e. The molecular weight excluding hydrogens is 178 g/mol.